The van der Waals surface area contributed by atoms with Gasteiger partial charge in [-0.1, -0.05) is 42.5 Å². The quantitative estimate of drug-likeness (QED) is 0.587. The van der Waals surface area contributed by atoms with Crippen LogP contribution in [0.1, 0.15) is 50.5 Å². The molecule has 0 aromatic heterocycles. The maximum Gasteiger partial charge on any atom is 0.222 e. The molecule has 0 aliphatic carbocycles. The number of rotatable bonds is 8. The highest BCUT2D eigenvalue weighted by atomic mass is 16.3. The van der Waals surface area contributed by atoms with Crippen molar-refractivity contribution in [3.05, 3.63) is 48.0 Å². The summed E-state index contributed by atoms with van der Waals surface area (Å²) >= 11 is 0. The second kappa shape index (κ2) is 10.2. The van der Waals surface area contributed by atoms with Crippen LogP contribution in [0.3, 0.4) is 0 Å². The molecule has 1 aromatic carbocycles. The number of aryl methyl sites for hydroxylation is 1. The third kappa shape index (κ3) is 7.00. The number of benzene rings is 1. The smallest absolute Gasteiger partial charge is 0.222 e. The summed E-state index contributed by atoms with van der Waals surface area (Å²) in [5.74, 6) is 0.294. The van der Waals surface area contributed by atoms with Crippen LogP contribution in [0, 0.1) is 0 Å². The standard InChI is InChI=1S/C20H29NO2/c22-19(15-14-18-10-4-1-5-11-18)12-6-2-7-13-20(23)21-16-8-3-9-17-21/h1,4-6,10-12,19,22H,2-3,7-9,13-17H2/b12-6+/t19-/m0/s1. The first kappa shape index (κ1) is 17.7. The molecule has 126 valence electrons. The van der Waals surface area contributed by atoms with Crippen molar-refractivity contribution in [3.8, 4) is 0 Å². The van der Waals surface area contributed by atoms with Crippen LogP contribution in [0.2, 0.25) is 0 Å². The highest BCUT2D eigenvalue weighted by Crippen LogP contribution is 2.12. The SMILES string of the molecule is O=C(CCC/C=C/[C@H](O)CCc1ccccc1)N1CCCCC1. The van der Waals surface area contributed by atoms with Crippen molar-refractivity contribution >= 4 is 5.91 Å². The fraction of sp³-hybridized carbons (Fsp3) is 0.550. The van der Waals surface area contributed by atoms with Crippen LogP contribution in [0.5, 0.6) is 0 Å². The van der Waals surface area contributed by atoms with Crippen LogP contribution in [0.15, 0.2) is 42.5 Å². The van der Waals surface area contributed by atoms with E-state index in [9.17, 15) is 9.90 Å². The summed E-state index contributed by atoms with van der Waals surface area (Å²) in [5.41, 5.74) is 1.26. The van der Waals surface area contributed by atoms with Crippen LogP contribution >= 0.6 is 0 Å². The maximum absolute atomic E-state index is 12.0. The van der Waals surface area contributed by atoms with Gasteiger partial charge >= 0.3 is 0 Å². The van der Waals surface area contributed by atoms with Gasteiger partial charge in [-0.25, -0.2) is 0 Å². The third-order valence-corrected chi connectivity index (χ3v) is 4.40. The molecule has 23 heavy (non-hydrogen) atoms. The van der Waals surface area contributed by atoms with Crippen LogP contribution in [0.4, 0.5) is 0 Å². The number of hydrogen-bond acceptors (Lipinski definition) is 2. The molecular weight excluding hydrogens is 286 g/mol. The number of piperidine rings is 1. The predicted molar refractivity (Wildman–Crippen MR) is 94.2 cm³/mol. The number of amides is 1. The van der Waals surface area contributed by atoms with Crippen molar-refractivity contribution in [2.75, 3.05) is 13.1 Å². The first-order chi connectivity index (χ1) is 11.3. The number of nitrogens with zero attached hydrogens (tertiary/aromatic N) is 1. The summed E-state index contributed by atoms with van der Waals surface area (Å²) < 4.78 is 0. The van der Waals surface area contributed by atoms with Crippen LogP contribution < -0.4 is 0 Å². The molecule has 0 saturated carbocycles. The summed E-state index contributed by atoms with van der Waals surface area (Å²) in [6.07, 6.45) is 11.0. The van der Waals surface area contributed by atoms with Gasteiger partial charge in [0.25, 0.3) is 0 Å². The molecule has 1 heterocycles. The summed E-state index contributed by atoms with van der Waals surface area (Å²) in [6, 6.07) is 10.2. The van der Waals surface area contributed by atoms with E-state index in [1.165, 1.54) is 12.0 Å². The molecule has 1 saturated heterocycles. The third-order valence-electron chi connectivity index (χ3n) is 4.40. The molecule has 3 heteroatoms. The Kier molecular flexibility index (Phi) is 7.88. The number of carbonyl (C=O) groups excluding carboxylic acids is 1. The molecule has 1 atom stereocenters. The minimum Gasteiger partial charge on any atom is -0.389 e. The van der Waals surface area contributed by atoms with Gasteiger partial charge in [0.05, 0.1) is 6.10 Å². The van der Waals surface area contributed by atoms with Crippen LogP contribution in [-0.2, 0) is 11.2 Å². The van der Waals surface area contributed by atoms with Gasteiger partial charge in [0.2, 0.25) is 5.91 Å². The lowest BCUT2D eigenvalue weighted by atomic mass is 10.1. The Labute approximate surface area is 140 Å². The predicted octanol–water partition coefficient (Wildman–Crippen LogP) is 3.72. The molecule has 1 fully saturated rings. The summed E-state index contributed by atoms with van der Waals surface area (Å²) in [4.78, 5) is 14.0. The zero-order valence-electron chi connectivity index (χ0n) is 14.0. The fourth-order valence-electron chi connectivity index (χ4n) is 2.98. The van der Waals surface area contributed by atoms with E-state index in [0.717, 1.165) is 51.6 Å². The van der Waals surface area contributed by atoms with E-state index in [-0.39, 0.29) is 0 Å². The van der Waals surface area contributed by atoms with Crippen molar-refractivity contribution in [1.29, 1.82) is 0 Å². The number of aliphatic hydroxyl groups excluding tert-OH is 1. The highest BCUT2D eigenvalue weighted by Gasteiger charge is 2.15. The Bertz CT molecular complexity index is 478. The van der Waals surface area contributed by atoms with Crippen molar-refractivity contribution < 1.29 is 9.90 Å². The van der Waals surface area contributed by atoms with Gasteiger partial charge in [-0.2, -0.15) is 0 Å². The van der Waals surface area contributed by atoms with E-state index in [4.69, 9.17) is 0 Å². The largest absolute Gasteiger partial charge is 0.389 e. The number of allylic oxidation sites excluding steroid dienone is 1. The minimum absolute atomic E-state index is 0.294. The Morgan fingerprint density at radius 2 is 1.91 bits per heavy atom. The van der Waals surface area contributed by atoms with Gasteiger partial charge in [0, 0.05) is 19.5 Å². The van der Waals surface area contributed by atoms with Gasteiger partial charge in [-0.15, -0.1) is 0 Å². The van der Waals surface area contributed by atoms with Crippen molar-refractivity contribution in [1.82, 2.24) is 4.90 Å². The lowest BCUT2D eigenvalue weighted by Gasteiger charge is -2.26. The second-order valence-electron chi connectivity index (χ2n) is 6.35. The average Bonchev–Trinajstić information content (AvgIpc) is 2.61. The zero-order valence-corrected chi connectivity index (χ0v) is 14.0. The number of likely N-dealkylation sites (tertiary alicyclic amines) is 1. The Morgan fingerprint density at radius 1 is 1.17 bits per heavy atom. The van der Waals surface area contributed by atoms with Crippen molar-refractivity contribution in [2.24, 2.45) is 0 Å². The van der Waals surface area contributed by atoms with Gasteiger partial charge in [-0.3, -0.25) is 4.79 Å². The van der Waals surface area contributed by atoms with Gasteiger partial charge < -0.3 is 10.0 Å². The van der Waals surface area contributed by atoms with Gasteiger partial charge in [-0.05, 0) is 50.5 Å². The normalized spacial score (nSPS) is 16.7. The number of unbranched alkanes of at least 4 members (excludes halogenated alkanes) is 1. The van der Waals surface area contributed by atoms with Crippen LogP contribution in [-0.4, -0.2) is 35.1 Å². The summed E-state index contributed by atoms with van der Waals surface area (Å²) in [7, 11) is 0. The molecule has 0 radical (unpaired) electrons. The molecule has 0 spiro atoms. The summed E-state index contributed by atoms with van der Waals surface area (Å²) in [6.45, 7) is 1.87. The molecule has 2 rings (SSSR count). The lowest BCUT2D eigenvalue weighted by molar-refractivity contribution is -0.132. The fourth-order valence-corrected chi connectivity index (χ4v) is 2.98. The maximum atomic E-state index is 12.0. The zero-order chi connectivity index (χ0) is 16.3. The number of hydrogen-bond donors (Lipinski definition) is 1. The second-order valence-corrected chi connectivity index (χ2v) is 6.35. The average molecular weight is 315 g/mol. The molecule has 0 unspecified atom stereocenters. The van der Waals surface area contributed by atoms with E-state index in [0.29, 0.717) is 12.3 Å². The van der Waals surface area contributed by atoms with Crippen molar-refractivity contribution in [3.63, 3.8) is 0 Å². The first-order valence-corrected chi connectivity index (χ1v) is 8.92. The molecule has 0 bridgehead atoms. The van der Waals surface area contributed by atoms with E-state index < -0.39 is 6.10 Å². The number of carbonyl (C=O) groups is 1. The Balaban J connectivity index is 1.56. The van der Waals surface area contributed by atoms with Crippen LogP contribution in [0.25, 0.3) is 0 Å². The molecule has 1 N–H and O–H groups in total. The number of aliphatic hydroxyl groups is 1. The minimum atomic E-state index is -0.395. The molecule has 3 nitrogen and oxygen atoms in total. The van der Waals surface area contributed by atoms with E-state index in [1.54, 1.807) is 0 Å². The Hall–Kier alpha value is -1.61. The molecule has 1 aliphatic heterocycles. The van der Waals surface area contributed by atoms with Crippen molar-refractivity contribution in [2.45, 2.75) is 57.5 Å². The highest BCUT2D eigenvalue weighted by molar-refractivity contribution is 5.76. The molecular formula is C20H29NO2. The molecule has 1 aliphatic rings. The van der Waals surface area contributed by atoms with E-state index in [1.807, 2.05) is 35.3 Å². The van der Waals surface area contributed by atoms with Gasteiger partial charge in [0.15, 0.2) is 0 Å². The Morgan fingerprint density at radius 3 is 2.65 bits per heavy atom. The monoisotopic (exact) mass is 315 g/mol. The van der Waals surface area contributed by atoms with E-state index >= 15 is 0 Å². The molecule has 1 aromatic rings. The lowest BCUT2D eigenvalue weighted by Crippen LogP contribution is -2.35. The first-order valence-electron chi connectivity index (χ1n) is 8.92. The summed E-state index contributed by atoms with van der Waals surface area (Å²) in [5, 5.41) is 9.96. The topological polar surface area (TPSA) is 40.5 Å². The van der Waals surface area contributed by atoms with Gasteiger partial charge in [0.1, 0.15) is 0 Å². The van der Waals surface area contributed by atoms with E-state index in [2.05, 4.69) is 12.1 Å². The molecule has 1 amide bonds.